The maximum atomic E-state index is 12.5. The number of ether oxygens (including phenoxy) is 2. The zero-order chi connectivity index (χ0) is 23.6. The molecule has 1 aromatic heterocycles. The van der Waals surface area contributed by atoms with Crippen molar-refractivity contribution in [3.05, 3.63) is 69.1 Å². The van der Waals surface area contributed by atoms with Crippen LogP contribution in [-0.4, -0.2) is 41.3 Å². The summed E-state index contributed by atoms with van der Waals surface area (Å²) in [6.07, 6.45) is 0.921. The highest BCUT2D eigenvalue weighted by molar-refractivity contribution is 7.13. The zero-order valence-electron chi connectivity index (χ0n) is 18.3. The van der Waals surface area contributed by atoms with Gasteiger partial charge in [0.2, 0.25) is 5.01 Å². The lowest BCUT2D eigenvalue weighted by Crippen LogP contribution is -2.25. The van der Waals surface area contributed by atoms with E-state index in [4.69, 9.17) is 21.1 Å². The van der Waals surface area contributed by atoms with E-state index in [1.807, 2.05) is 13.8 Å². The fourth-order valence-electron chi connectivity index (χ4n) is 2.66. The lowest BCUT2D eigenvalue weighted by Gasteiger charge is -2.09. The van der Waals surface area contributed by atoms with Crippen LogP contribution in [0.15, 0.2) is 48.5 Å². The molecular weight excluding hydrogens is 464 g/mol. The second-order valence-electron chi connectivity index (χ2n) is 7.30. The summed E-state index contributed by atoms with van der Waals surface area (Å²) in [4.78, 5) is 24.7. The maximum Gasteiger partial charge on any atom is 0.286 e. The largest absolute Gasteiger partial charge is 0.486 e. The van der Waals surface area contributed by atoms with Crippen LogP contribution in [0, 0.1) is 0 Å². The average Bonchev–Trinajstić information content (AvgIpc) is 3.28. The second-order valence-corrected chi connectivity index (χ2v) is 8.80. The lowest BCUT2D eigenvalue weighted by molar-refractivity contribution is 0.0757. The molecule has 1 heterocycles. The molecule has 2 N–H and O–H groups in total. The van der Waals surface area contributed by atoms with E-state index in [0.29, 0.717) is 40.2 Å². The summed E-state index contributed by atoms with van der Waals surface area (Å²) in [7, 11) is 0. The number of hydrogen-bond acceptors (Lipinski definition) is 7. The summed E-state index contributed by atoms with van der Waals surface area (Å²) >= 11 is 7.00. The molecule has 0 atom stereocenters. The number of halogens is 1. The van der Waals surface area contributed by atoms with Crippen LogP contribution < -0.4 is 15.4 Å². The van der Waals surface area contributed by atoms with Gasteiger partial charge in [0, 0.05) is 29.4 Å². The van der Waals surface area contributed by atoms with Crippen LogP contribution in [0.3, 0.4) is 0 Å². The minimum atomic E-state index is -0.382. The Morgan fingerprint density at radius 2 is 1.76 bits per heavy atom. The Morgan fingerprint density at radius 1 is 1.03 bits per heavy atom. The fraction of sp³-hybridized carbons (Fsp3) is 0.304. The Labute approximate surface area is 201 Å². The van der Waals surface area contributed by atoms with E-state index in [1.54, 1.807) is 48.5 Å². The number of aromatic nitrogens is 2. The first-order chi connectivity index (χ1) is 15.9. The molecule has 2 amide bonds. The third kappa shape index (κ3) is 8.12. The number of hydrogen-bond donors (Lipinski definition) is 2. The minimum Gasteiger partial charge on any atom is -0.486 e. The summed E-state index contributed by atoms with van der Waals surface area (Å²) in [5.41, 5.74) is 1.06. The minimum absolute atomic E-state index is 0.174. The Hall–Kier alpha value is -3.01. The van der Waals surface area contributed by atoms with E-state index < -0.39 is 0 Å². The van der Waals surface area contributed by atoms with Gasteiger partial charge < -0.3 is 20.1 Å². The normalized spacial score (nSPS) is 10.8. The van der Waals surface area contributed by atoms with Gasteiger partial charge in [-0.15, -0.1) is 10.2 Å². The van der Waals surface area contributed by atoms with E-state index in [9.17, 15) is 9.59 Å². The first-order valence-electron chi connectivity index (χ1n) is 10.4. The summed E-state index contributed by atoms with van der Waals surface area (Å²) in [6.45, 7) is 5.27. The third-order valence-electron chi connectivity index (χ3n) is 4.30. The van der Waals surface area contributed by atoms with E-state index in [2.05, 4.69) is 20.8 Å². The molecule has 0 unspecified atom stereocenters. The van der Waals surface area contributed by atoms with Crippen molar-refractivity contribution in [3.8, 4) is 5.75 Å². The van der Waals surface area contributed by atoms with Crippen LogP contribution >= 0.6 is 22.9 Å². The van der Waals surface area contributed by atoms with Crippen molar-refractivity contribution in [2.24, 2.45) is 0 Å². The summed E-state index contributed by atoms with van der Waals surface area (Å²) in [5, 5.41) is 14.9. The van der Waals surface area contributed by atoms with Gasteiger partial charge in [-0.25, -0.2) is 0 Å². The van der Waals surface area contributed by atoms with Gasteiger partial charge in [0.15, 0.2) is 5.01 Å². The molecule has 0 fully saturated rings. The summed E-state index contributed by atoms with van der Waals surface area (Å²) in [6, 6.07) is 13.6. The van der Waals surface area contributed by atoms with E-state index in [-0.39, 0.29) is 29.5 Å². The van der Waals surface area contributed by atoms with Crippen LogP contribution in [-0.2, 0) is 11.3 Å². The average molecular weight is 489 g/mol. The predicted molar refractivity (Wildman–Crippen MR) is 128 cm³/mol. The van der Waals surface area contributed by atoms with Crippen LogP contribution in [0.2, 0.25) is 5.02 Å². The standard InChI is InChI=1S/C23H25ClN4O4S/c1-15(2)31-13-3-12-25-21(29)16-4-8-18(9-5-16)26-22(30)23-28-27-20(33-23)14-32-19-10-6-17(24)7-11-19/h4-11,15H,3,12-14H2,1-2H3,(H,25,29)(H,26,30). The molecule has 0 aliphatic carbocycles. The molecule has 33 heavy (non-hydrogen) atoms. The molecule has 0 spiro atoms. The van der Waals surface area contributed by atoms with Crippen molar-refractivity contribution < 1.29 is 19.1 Å². The highest BCUT2D eigenvalue weighted by Crippen LogP contribution is 2.19. The molecule has 174 valence electrons. The van der Waals surface area contributed by atoms with Gasteiger partial charge in [-0.3, -0.25) is 9.59 Å². The van der Waals surface area contributed by atoms with Gasteiger partial charge in [-0.2, -0.15) is 0 Å². The van der Waals surface area contributed by atoms with Gasteiger partial charge in [0.25, 0.3) is 11.8 Å². The Kier molecular flexibility index (Phi) is 9.17. The van der Waals surface area contributed by atoms with Crippen molar-refractivity contribution in [2.45, 2.75) is 33.0 Å². The number of nitrogens with one attached hydrogen (secondary N) is 2. The summed E-state index contributed by atoms with van der Waals surface area (Å²) in [5.74, 6) is 0.0908. The van der Waals surface area contributed by atoms with Gasteiger partial charge in [0.05, 0.1) is 6.10 Å². The highest BCUT2D eigenvalue weighted by atomic mass is 35.5. The number of amides is 2. The van der Waals surface area contributed by atoms with Crippen molar-refractivity contribution >= 4 is 40.4 Å². The number of nitrogens with zero attached hydrogens (tertiary/aromatic N) is 2. The highest BCUT2D eigenvalue weighted by Gasteiger charge is 2.14. The molecule has 3 rings (SSSR count). The van der Waals surface area contributed by atoms with Gasteiger partial charge in [-0.05, 0) is 68.8 Å². The van der Waals surface area contributed by atoms with Crippen molar-refractivity contribution in [3.63, 3.8) is 0 Å². The van der Waals surface area contributed by atoms with Crippen molar-refractivity contribution in [1.29, 1.82) is 0 Å². The van der Waals surface area contributed by atoms with Gasteiger partial charge in [0.1, 0.15) is 12.4 Å². The van der Waals surface area contributed by atoms with E-state index >= 15 is 0 Å². The van der Waals surface area contributed by atoms with Crippen LogP contribution in [0.1, 0.15) is 45.4 Å². The van der Waals surface area contributed by atoms with Gasteiger partial charge in [-0.1, -0.05) is 22.9 Å². The molecular formula is C23H25ClN4O4S. The summed E-state index contributed by atoms with van der Waals surface area (Å²) < 4.78 is 11.1. The fourth-order valence-corrected chi connectivity index (χ4v) is 3.44. The molecule has 3 aromatic rings. The van der Waals surface area contributed by atoms with Gasteiger partial charge >= 0.3 is 0 Å². The lowest BCUT2D eigenvalue weighted by atomic mass is 10.2. The Balaban J connectivity index is 1.45. The molecule has 10 heteroatoms. The van der Waals surface area contributed by atoms with Crippen molar-refractivity contribution in [2.75, 3.05) is 18.5 Å². The Morgan fingerprint density at radius 3 is 2.45 bits per heavy atom. The first-order valence-corrected chi connectivity index (χ1v) is 11.6. The topological polar surface area (TPSA) is 102 Å². The molecule has 0 radical (unpaired) electrons. The molecule has 8 nitrogen and oxygen atoms in total. The molecule has 0 aliphatic heterocycles. The molecule has 0 saturated carbocycles. The third-order valence-corrected chi connectivity index (χ3v) is 5.45. The molecule has 0 aliphatic rings. The maximum absolute atomic E-state index is 12.5. The van der Waals surface area contributed by atoms with Crippen LogP contribution in [0.4, 0.5) is 5.69 Å². The van der Waals surface area contributed by atoms with E-state index in [0.717, 1.165) is 17.8 Å². The second kappa shape index (κ2) is 12.3. The number of carbonyl (C=O) groups is 2. The molecule has 0 saturated heterocycles. The smallest absolute Gasteiger partial charge is 0.286 e. The van der Waals surface area contributed by atoms with Crippen LogP contribution in [0.25, 0.3) is 0 Å². The predicted octanol–water partition coefficient (Wildman–Crippen LogP) is 4.57. The number of rotatable bonds is 11. The SMILES string of the molecule is CC(C)OCCCNC(=O)c1ccc(NC(=O)c2nnc(COc3ccc(Cl)cc3)s2)cc1. The number of benzene rings is 2. The Bertz CT molecular complexity index is 1060. The first kappa shape index (κ1) is 24.6. The monoisotopic (exact) mass is 488 g/mol. The van der Waals surface area contributed by atoms with Crippen molar-refractivity contribution in [1.82, 2.24) is 15.5 Å². The molecule has 0 bridgehead atoms. The van der Waals surface area contributed by atoms with Crippen LogP contribution in [0.5, 0.6) is 5.75 Å². The zero-order valence-corrected chi connectivity index (χ0v) is 19.9. The number of carbonyl (C=O) groups excluding carboxylic acids is 2. The quantitative estimate of drug-likeness (QED) is 0.383. The van der Waals surface area contributed by atoms with E-state index in [1.165, 1.54) is 0 Å². The molecule has 2 aromatic carbocycles. The number of anilines is 1.